The normalized spacial score (nSPS) is 15.0. The summed E-state index contributed by atoms with van der Waals surface area (Å²) < 4.78 is 34.2. The number of fused-ring (bicyclic) bond motifs is 1. The average Bonchev–Trinajstić information content (AvgIpc) is 3.16. The van der Waals surface area contributed by atoms with Crippen LogP contribution in [0.3, 0.4) is 0 Å². The highest BCUT2D eigenvalue weighted by atomic mass is 79.9. The quantitative estimate of drug-likeness (QED) is 0.456. The Hall–Kier alpha value is -3.17. The van der Waals surface area contributed by atoms with Crippen LogP contribution in [0.5, 0.6) is 0 Å². The lowest BCUT2D eigenvalue weighted by Crippen LogP contribution is -2.35. The van der Waals surface area contributed by atoms with Gasteiger partial charge in [0.2, 0.25) is 0 Å². The minimum Gasteiger partial charge on any atom is -0.452 e. The number of nitrogens with one attached hydrogen (secondary N) is 1. The fourth-order valence-electron chi connectivity index (χ4n) is 3.93. The monoisotopic (exact) mass is 542 g/mol. The highest BCUT2D eigenvalue weighted by Gasteiger charge is 2.36. The summed E-state index contributed by atoms with van der Waals surface area (Å²) in [6.07, 6.45) is 0.615. The van der Waals surface area contributed by atoms with E-state index >= 15 is 0 Å². The molecule has 1 heterocycles. The Bertz CT molecular complexity index is 1370. The van der Waals surface area contributed by atoms with Gasteiger partial charge in [0.05, 0.1) is 16.1 Å². The van der Waals surface area contributed by atoms with Crippen molar-refractivity contribution in [2.75, 3.05) is 16.2 Å². The summed E-state index contributed by atoms with van der Waals surface area (Å²) in [4.78, 5) is 24.7. The van der Waals surface area contributed by atoms with Crippen molar-refractivity contribution in [2.45, 2.75) is 31.2 Å². The molecule has 0 aromatic heterocycles. The van der Waals surface area contributed by atoms with Gasteiger partial charge < -0.3 is 10.1 Å². The van der Waals surface area contributed by atoms with Gasteiger partial charge in [0.15, 0.2) is 6.61 Å². The van der Waals surface area contributed by atoms with Crippen molar-refractivity contribution in [3.63, 3.8) is 0 Å². The number of rotatable bonds is 6. The van der Waals surface area contributed by atoms with Crippen molar-refractivity contribution in [1.82, 2.24) is 0 Å². The first-order valence-corrected chi connectivity index (χ1v) is 12.9. The molecule has 0 radical (unpaired) electrons. The van der Waals surface area contributed by atoms with Crippen LogP contribution in [-0.4, -0.2) is 32.9 Å². The zero-order valence-corrected chi connectivity index (χ0v) is 21.0. The molecule has 0 fully saturated rings. The maximum Gasteiger partial charge on any atom is 0.338 e. The maximum atomic E-state index is 13.4. The van der Waals surface area contributed by atoms with Crippen molar-refractivity contribution in [3.05, 3.63) is 87.9 Å². The highest BCUT2D eigenvalue weighted by Crippen LogP contribution is 2.36. The van der Waals surface area contributed by atoms with Crippen molar-refractivity contribution >= 4 is 49.2 Å². The van der Waals surface area contributed by atoms with Crippen LogP contribution in [0.25, 0.3) is 0 Å². The summed E-state index contributed by atoms with van der Waals surface area (Å²) in [5.41, 5.74) is 3.18. The predicted octanol–water partition coefficient (Wildman–Crippen LogP) is 4.69. The Balaban J connectivity index is 1.46. The van der Waals surface area contributed by atoms with Crippen molar-refractivity contribution in [3.8, 4) is 0 Å². The molecular formula is C25H23BrN2O5S. The number of esters is 1. The summed E-state index contributed by atoms with van der Waals surface area (Å²) in [7, 11) is -3.89. The molecule has 9 heteroatoms. The molecule has 0 saturated heterocycles. The van der Waals surface area contributed by atoms with E-state index < -0.39 is 28.5 Å². The second-order valence-electron chi connectivity index (χ2n) is 8.10. The van der Waals surface area contributed by atoms with Crippen molar-refractivity contribution < 1.29 is 22.7 Å². The molecule has 3 aromatic carbocycles. The van der Waals surface area contributed by atoms with E-state index in [-0.39, 0.29) is 16.5 Å². The van der Waals surface area contributed by atoms with Crippen LogP contribution in [0, 0.1) is 6.92 Å². The number of nitrogens with zero attached hydrogens (tertiary/aromatic N) is 1. The van der Waals surface area contributed by atoms with Crippen LogP contribution in [0.15, 0.2) is 76.1 Å². The minimum absolute atomic E-state index is 0.0136. The molecule has 34 heavy (non-hydrogen) atoms. The van der Waals surface area contributed by atoms with Gasteiger partial charge in [-0.2, -0.15) is 0 Å². The number of anilines is 2. The summed E-state index contributed by atoms with van der Waals surface area (Å²) in [6, 6.07) is 18.1. The van der Waals surface area contributed by atoms with Gasteiger partial charge in [-0.3, -0.25) is 9.10 Å². The first-order valence-electron chi connectivity index (χ1n) is 10.6. The molecule has 0 saturated carbocycles. The number of carbonyl (C=O) groups excluding carboxylic acids is 2. The van der Waals surface area contributed by atoms with E-state index in [1.807, 2.05) is 32.0 Å². The molecule has 1 N–H and O–H groups in total. The Kier molecular flexibility index (Phi) is 6.77. The lowest BCUT2D eigenvalue weighted by molar-refractivity contribution is -0.119. The van der Waals surface area contributed by atoms with Gasteiger partial charge in [-0.15, -0.1) is 0 Å². The number of halogens is 1. The Morgan fingerprint density at radius 1 is 1.09 bits per heavy atom. The van der Waals surface area contributed by atoms with Crippen LogP contribution in [0.1, 0.15) is 28.4 Å². The van der Waals surface area contributed by atoms with Crippen LogP contribution in [-0.2, 0) is 26.0 Å². The third kappa shape index (κ3) is 4.85. The van der Waals surface area contributed by atoms with Gasteiger partial charge in [-0.05, 0) is 73.9 Å². The molecule has 0 bridgehead atoms. The van der Waals surface area contributed by atoms with Crippen LogP contribution in [0.2, 0.25) is 0 Å². The Labute approximate surface area is 206 Å². The molecule has 1 atom stereocenters. The van der Waals surface area contributed by atoms with Crippen LogP contribution in [0.4, 0.5) is 11.4 Å². The standard InChI is InChI=1S/C25H23BrN2O5S/c1-16-12-20(10-11-22(16)26)27-24(29)15-33-25(30)19-7-5-8-21(14-19)34(31,32)28-17(2)13-18-6-3-4-9-23(18)28/h3-12,14,17H,13,15H2,1-2H3,(H,27,29)/t17-/m1/s1. The SMILES string of the molecule is Cc1cc(NC(=O)COC(=O)c2cccc(S(=O)(=O)N3c4ccccc4C[C@H]3C)c2)ccc1Br. The zero-order valence-electron chi connectivity index (χ0n) is 18.6. The Morgan fingerprint density at radius 2 is 1.85 bits per heavy atom. The number of para-hydroxylation sites is 1. The Morgan fingerprint density at radius 3 is 2.62 bits per heavy atom. The summed E-state index contributed by atoms with van der Waals surface area (Å²) in [5.74, 6) is -1.28. The third-order valence-electron chi connectivity index (χ3n) is 5.55. The lowest BCUT2D eigenvalue weighted by atomic mass is 10.1. The van der Waals surface area contributed by atoms with Crippen LogP contribution >= 0.6 is 15.9 Å². The second kappa shape index (κ2) is 9.60. The predicted molar refractivity (Wildman–Crippen MR) is 134 cm³/mol. The molecule has 176 valence electrons. The minimum atomic E-state index is -3.89. The molecule has 4 rings (SSSR count). The van der Waals surface area contributed by atoms with Gasteiger partial charge >= 0.3 is 5.97 Å². The van der Waals surface area contributed by atoms with Crippen LogP contribution < -0.4 is 9.62 Å². The summed E-state index contributed by atoms with van der Waals surface area (Å²) >= 11 is 3.40. The van der Waals surface area contributed by atoms with Gasteiger partial charge in [0, 0.05) is 16.2 Å². The first kappa shape index (κ1) is 24.0. The van der Waals surface area contributed by atoms with E-state index in [9.17, 15) is 18.0 Å². The molecule has 0 unspecified atom stereocenters. The molecule has 3 aromatic rings. The number of benzene rings is 3. The third-order valence-corrected chi connectivity index (χ3v) is 8.36. The summed E-state index contributed by atoms with van der Waals surface area (Å²) in [6.45, 7) is 3.24. The largest absolute Gasteiger partial charge is 0.452 e. The molecule has 0 spiro atoms. The van der Waals surface area contributed by atoms with Gasteiger partial charge in [-0.25, -0.2) is 13.2 Å². The molecule has 7 nitrogen and oxygen atoms in total. The van der Waals surface area contributed by atoms with Gasteiger partial charge in [-0.1, -0.05) is 40.2 Å². The number of aryl methyl sites for hydroxylation is 1. The van der Waals surface area contributed by atoms with E-state index in [1.54, 1.807) is 24.3 Å². The van der Waals surface area contributed by atoms with E-state index in [1.165, 1.54) is 28.6 Å². The number of ether oxygens (including phenoxy) is 1. The molecular weight excluding hydrogens is 520 g/mol. The topological polar surface area (TPSA) is 92.8 Å². The fourth-order valence-corrected chi connectivity index (χ4v) is 5.92. The number of sulfonamides is 1. The van der Waals surface area contributed by atoms with Gasteiger partial charge in [0.1, 0.15) is 0 Å². The zero-order chi connectivity index (χ0) is 24.5. The second-order valence-corrected chi connectivity index (χ2v) is 10.8. The van der Waals surface area contributed by atoms with Gasteiger partial charge in [0.25, 0.3) is 15.9 Å². The van der Waals surface area contributed by atoms with E-state index in [4.69, 9.17) is 4.74 Å². The molecule has 1 aliphatic heterocycles. The van der Waals surface area contributed by atoms with E-state index in [0.717, 1.165) is 15.6 Å². The number of carbonyl (C=O) groups is 2. The van der Waals surface area contributed by atoms with Crippen molar-refractivity contribution in [1.29, 1.82) is 0 Å². The van der Waals surface area contributed by atoms with E-state index in [2.05, 4.69) is 21.2 Å². The highest BCUT2D eigenvalue weighted by molar-refractivity contribution is 9.10. The lowest BCUT2D eigenvalue weighted by Gasteiger charge is -2.24. The van der Waals surface area contributed by atoms with Crippen molar-refractivity contribution in [2.24, 2.45) is 0 Å². The molecule has 1 amide bonds. The summed E-state index contributed by atoms with van der Waals surface area (Å²) in [5, 5.41) is 2.66. The molecule has 0 aliphatic carbocycles. The van der Waals surface area contributed by atoms with E-state index in [0.29, 0.717) is 17.8 Å². The number of amides is 1. The smallest absolute Gasteiger partial charge is 0.338 e. The maximum absolute atomic E-state index is 13.4. The number of hydrogen-bond donors (Lipinski definition) is 1. The first-order chi connectivity index (χ1) is 16.2. The fraction of sp³-hybridized carbons (Fsp3) is 0.200. The molecule has 1 aliphatic rings. The average molecular weight is 543 g/mol. The number of hydrogen-bond acceptors (Lipinski definition) is 5.